The monoisotopic (exact) mass is 388 g/mol. The fraction of sp³-hybridized carbons (Fsp3) is 0.500. The van der Waals surface area contributed by atoms with Crippen molar-refractivity contribution in [2.75, 3.05) is 6.61 Å². The molecule has 2 heteroatoms. The SMILES string of the molecule is CCOCc1c(C)ccc[c]1[Bi]([CH3])[CH3]. The Hall–Kier alpha value is 0.0631. The van der Waals surface area contributed by atoms with E-state index in [0.717, 1.165) is 13.2 Å². The molecular formula is C12H19BiO. The summed E-state index contributed by atoms with van der Waals surface area (Å²) in [7, 11) is 0. The first kappa shape index (κ1) is 12.1. The quantitative estimate of drug-likeness (QED) is 0.721. The van der Waals surface area contributed by atoms with Crippen LogP contribution in [0.4, 0.5) is 0 Å². The van der Waals surface area contributed by atoms with Crippen LogP contribution in [0.25, 0.3) is 0 Å². The van der Waals surface area contributed by atoms with Gasteiger partial charge in [0, 0.05) is 0 Å². The Morgan fingerprint density at radius 2 is 2.00 bits per heavy atom. The first-order valence-corrected chi connectivity index (χ1v) is 13.7. The topological polar surface area (TPSA) is 9.23 Å². The van der Waals surface area contributed by atoms with Crippen molar-refractivity contribution in [3.8, 4) is 0 Å². The minimum absolute atomic E-state index is 0.798. The molecule has 1 aromatic rings. The minimum atomic E-state index is -1.32. The number of hydrogen-bond donors (Lipinski definition) is 0. The molecule has 0 aliphatic carbocycles. The van der Waals surface area contributed by atoms with Gasteiger partial charge >= 0.3 is 95.4 Å². The van der Waals surface area contributed by atoms with Crippen LogP contribution in [0.15, 0.2) is 18.2 Å². The maximum atomic E-state index is 5.52. The number of rotatable bonds is 4. The molecule has 0 aromatic heterocycles. The van der Waals surface area contributed by atoms with E-state index in [2.05, 4.69) is 41.3 Å². The third-order valence-corrected chi connectivity index (χ3v) is 7.69. The summed E-state index contributed by atoms with van der Waals surface area (Å²) in [5, 5.41) is 0. The van der Waals surface area contributed by atoms with E-state index >= 15 is 0 Å². The van der Waals surface area contributed by atoms with E-state index in [9.17, 15) is 0 Å². The van der Waals surface area contributed by atoms with Gasteiger partial charge < -0.3 is 0 Å². The molecule has 0 fully saturated rings. The second-order valence-electron chi connectivity index (χ2n) is 3.60. The van der Waals surface area contributed by atoms with Crippen LogP contribution in [0.3, 0.4) is 0 Å². The van der Waals surface area contributed by atoms with Crippen molar-refractivity contribution >= 4 is 25.0 Å². The van der Waals surface area contributed by atoms with Crippen molar-refractivity contribution in [1.29, 1.82) is 0 Å². The van der Waals surface area contributed by atoms with Crippen LogP contribution < -0.4 is 3.27 Å². The normalized spacial score (nSPS) is 10.9. The predicted octanol–water partition coefficient (Wildman–Crippen LogP) is 2.49. The van der Waals surface area contributed by atoms with Gasteiger partial charge in [-0.25, -0.2) is 0 Å². The van der Waals surface area contributed by atoms with Crippen molar-refractivity contribution in [3.63, 3.8) is 0 Å². The second kappa shape index (κ2) is 5.83. The molecule has 78 valence electrons. The first-order valence-electron chi connectivity index (χ1n) is 5.00. The van der Waals surface area contributed by atoms with Crippen LogP contribution in [0.1, 0.15) is 18.1 Å². The fourth-order valence-electron chi connectivity index (χ4n) is 1.50. The average molecular weight is 388 g/mol. The summed E-state index contributed by atoms with van der Waals surface area (Å²) in [5.74, 6) is 0. The molecule has 0 N–H and O–H groups in total. The molecule has 0 heterocycles. The van der Waals surface area contributed by atoms with Crippen LogP contribution in [-0.4, -0.2) is 28.4 Å². The zero-order valence-electron chi connectivity index (χ0n) is 9.50. The molecule has 0 spiro atoms. The molecule has 0 aliphatic rings. The molecule has 1 nitrogen and oxygen atoms in total. The Labute approximate surface area is 95.2 Å². The van der Waals surface area contributed by atoms with Crippen LogP contribution in [0.2, 0.25) is 9.26 Å². The fourth-order valence-corrected chi connectivity index (χ4v) is 6.03. The van der Waals surface area contributed by atoms with Crippen molar-refractivity contribution < 1.29 is 4.74 Å². The van der Waals surface area contributed by atoms with Crippen LogP contribution >= 0.6 is 0 Å². The standard InChI is InChI=1S/C10H13O.2CH3.Bi/c1-3-11-8-10-7-5-4-6-9(10)2;;;/h4-6H,3,8H2,1-2H3;2*1H3;. The Morgan fingerprint density at radius 3 is 2.57 bits per heavy atom. The molecule has 0 saturated heterocycles. The molecule has 0 atom stereocenters. The van der Waals surface area contributed by atoms with Gasteiger partial charge in [0.1, 0.15) is 0 Å². The number of benzene rings is 1. The molecular weight excluding hydrogens is 369 g/mol. The molecule has 0 bridgehead atoms. The van der Waals surface area contributed by atoms with Gasteiger partial charge in [0.25, 0.3) is 0 Å². The molecule has 0 amide bonds. The van der Waals surface area contributed by atoms with Crippen LogP contribution in [-0.2, 0) is 11.3 Å². The van der Waals surface area contributed by atoms with Gasteiger partial charge in [-0.1, -0.05) is 0 Å². The van der Waals surface area contributed by atoms with E-state index in [1.54, 1.807) is 3.27 Å². The van der Waals surface area contributed by atoms with Gasteiger partial charge in [-0.15, -0.1) is 0 Å². The van der Waals surface area contributed by atoms with E-state index in [-0.39, 0.29) is 0 Å². The van der Waals surface area contributed by atoms with Gasteiger partial charge in [0.05, 0.1) is 0 Å². The van der Waals surface area contributed by atoms with Gasteiger partial charge in [-0.2, -0.15) is 0 Å². The van der Waals surface area contributed by atoms with E-state index in [4.69, 9.17) is 4.74 Å². The molecule has 1 rings (SSSR count). The first-order chi connectivity index (χ1) is 6.66. The third kappa shape index (κ3) is 3.03. The molecule has 0 unspecified atom stereocenters. The van der Waals surface area contributed by atoms with Crippen molar-refractivity contribution in [1.82, 2.24) is 0 Å². The van der Waals surface area contributed by atoms with Crippen molar-refractivity contribution in [3.05, 3.63) is 29.3 Å². The van der Waals surface area contributed by atoms with Gasteiger partial charge in [-0.05, 0) is 0 Å². The van der Waals surface area contributed by atoms with Gasteiger partial charge in [0.2, 0.25) is 0 Å². The molecule has 0 saturated carbocycles. The van der Waals surface area contributed by atoms with E-state index in [1.165, 1.54) is 11.1 Å². The van der Waals surface area contributed by atoms with E-state index in [0.29, 0.717) is 0 Å². The Morgan fingerprint density at radius 1 is 1.29 bits per heavy atom. The number of hydrogen-bond acceptors (Lipinski definition) is 1. The van der Waals surface area contributed by atoms with Crippen molar-refractivity contribution in [2.45, 2.75) is 29.7 Å². The summed E-state index contributed by atoms with van der Waals surface area (Å²) in [5.41, 5.74) is 2.84. The van der Waals surface area contributed by atoms with Crippen LogP contribution in [0.5, 0.6) is 0 Å². The number of aryl methyl sites for hydroxylation is 1. The maximum absolute atomic E-state index is 5.52. The van der Waals surface area contributed by atoms with Gasteiger partial charge in [-0.3, -0.25) is 0 Å². The summed E-state index contributed by atoms with van der Waals surface area (Å²) < 4.78 is 12.0. The number of ether oxygens (including phenoxy) is 1. The van der Waals surface area contributed by atoms with Crippen LogP contribution in [0, 0.1) is 6.92 Å². The second-order valence-corrected chi connectivity index (χ2v) is 12.4. The summed E-state index contributed by atoms with van der Waals surface area (Å²) in [4.78, 5) is 0. The zero-order chi connectivity index (χ0) is 10.6. The zero-order valence-corrected chi connectivity index (χ0v) is 13.0. The average Bonchev–Trinajstić information content (AvgIpc) is 2.15. The summed E-state index contributed by atoms with van der Waals surface area (Å²) in [6, 6.07) is 6.65. The Bertz CT molecular complexity index is 294. The summed E-state index contributed by atoms with van der Waals surface area (Å²) >= 11 is -1.32. The summed E-state index contributed by atoms with van der Waals surface area (Å²) in [6.07, 6.45) is 0. The van der Waals surface area contributed by atoms with Crippen molar-refractivity contribution in [2.24, 2.45) is 0 Å². The van der Waals surface area contributed by atoms with Gasteiger partial charge in [0.15, 0.2) is 0 Å². The Kier molecular flexibility index (Phi) is 5.05. The summed E-state index contributed by atoms with van der Waals surface area (Å²) in [6.45, 7) is 5.84. The molecule has 14 heavy (non-hydrogen) atoms. The van der Waals surface area contributed by atoms with E-state index < -0.39 is 21.8 Å². The molecule has 0 radical (unpaired) electrons. The van der Waals surface area contributed by atoms with E-state index in [1.807, 2.05) is 0 Å². The molecule has 0 aliphatic heterocycles. The Balaban J connectivity index is 2.96. The third-order valence-electron chi connectivity index (χ3n) is 2.32. The molecule has 1 aromatic carbocycles. The predicted molar refractivity (Wildman–Crippen MR) is 63.6 cm³/mol.